The van der Waals surface area contributed by atoms with Crippen LogP contribution in [0.1, 0.15) is 0 Å². The first-order valence-corrected chi connectivity index (χ1v) is 8.48. The summed E-state index contributed by atoms with van der Waals surface area (Å²) in [5, 5.41) is 18.4. The zero-order chi connectivity index (χ0) is 11.6. The molecular formula is C10H17NO3Si. The van der Waals surface area contributed by atoms with Gasteiger partial charge in [0.2, 0.25) is 0 Å². The number of aliphatic hydroxyl groups is 1. The molecule has 5 heteroatoms. The fourth-order valence-corrected chi connectivity index (χ4v) is 2.01. The van der Waals surface area contributed by atoms with E-state index < -0.39 is 20.3 Å². The highest BCUT2D eigenvalue weighted by molar-refractivity contribution is 6.83. The number of nitrogens with zero attached hydrogens (tertiary/aromatic N) is 1. The van der Waals surface area contributed by atoms with Crippen LogP contribution in [0.5, 0.6) is 0 Å². The molecule has 1 heterocycles. The smallest absolute Gasteiger partial charge is 0.407 e. The van der Waals surface area contributed by atoms with Crippen LogP contribution >= 0.6 is 0 Å². The van der Waals surface area contributed by atoms with E-state index >= 15 is 0 Å². The minimum Gasteiger partial charge on any atom is -0.465 e. The Kier molecular flexibility index (Phi) is 3.42. The van der Waals surface area contributed by atoms with E-state index in [0.717, 1.165) is 0 Å². The van der Waals surface area contributed by atoms with Gasteiger partial charge >= 0.3 is 6.09 Å². The van der Waals surface area contributed by atoms with Crippen molar-refractivity contribution in [2.45, 2.75) is 25.7 Å². The molecule has 1 aliphatic rings. The molecule has 2 unspecified atom stereocenters. The standard InChI is InChI=1S/C10H17NO3Si/c1-15(2,3)5-4-8-6-11(10(13)14)7-9(8)12/h8-9,12H,6-7H2,1-3H3,(H,13,14). The van der Waals surface area contributed by atoms with Crippen molar-refractivity contribution < 1.29 is 15.0 Å². The number of amides is 1. The molecule has 1 rings (SSSR count). The average Bonchev–Trinajstić information content (AvgIpc) is 2.42. The Morgan fingerprint density at radius 1 is 1.40 bits per heavy atom. The van der Waals surface area contributed by atoms with Gasteiger partial charge in [-0.3, -0.25) is 0 Å². The molecular weight excluding hydrogens is 210 g/mol. The molecule has 0 aliphatic carbocycles. The molecule has 2 atom stereocenters. The number of rotatable bonds is 0. The third-order valence-corrected chi connectivity index (χ3v) is 3.09. The maximum absolute atomic E-state index is 10.7. The van der Waals surface area contributed by atoms with Crippen molar-refractivity contribution in [2.75, 3.05) is 13.1 Å². The van der Waals surface area contributed by atoms with Crippen LogP contribution in [0.15, 0.2) is 0 Å². The molecule has 1 saturated heterocycles. The number of hydrogen-bond donors (Lipinski definition) is 2. The number of carbonyl (C=O) groups is 1. The van der Waals surface area contributed by atoms with Gasteiger partial charge in [-0.15, -0.1) is 11.5 Å². The van der Waals surface area contributed by atoms with Crippen LogP contribution < -0.4 is 0 Å². The summed E-state index contributed by atoms with van der Waals surface area (Å²) in [4.78, 5) is 11.9. The van der Waals surface area contributed by atoms with Gasteiger partial charge < -0.3 is 15.1 Å². The zero-order valence-electron chi connectivity index (χ0n) is 9.32. The molecule has 0 bridgehead atoms. The van der Waals surface area contributed by atoms with Gasteiger partial charge in [-0.25, -0.2) is 4.79 Å². The lowest BCUT2D eigenvalue weighted by Crippen LogP contribution is -2.27. The second-order valence-corrected chi connectivity index (χ2v) is 9.63. The summed E-state index contributed by atoms with van der Waals surface area (Å²) in [6.45, 7) is 6.87. The molecule has 1 amide bonds. The minimum absolute atomic E-state index is 0.181. The Bertz CT molecular complexity index is 313. The molecule has 0 spiro atoms. The molecule has 0 radical (unpaired) electrons. The largest absolute Gasteiger partial charge is 0.465 e. The first kappa shape index (κ1) is 12.1. The zero-order valence-corrected chi connectivity index (χ0v) is 10.3. The maximum atomic E-state index is 10.7. The molecule has 4 nitrogen and oxygen atoms in total. The molecule has 0 aromatic carbocycles. The lowest BCUT2D eigenvalue weighted by molar-refractivity contribution is 0.137. The predicted molar refractivity (Wildman–Crippen MR) is 60.2 cm³/mol. The Morgan fingerprint density at radius 2 is 2.00 bits per heavy atom. The van der Waals surface area contributed by atoms with E-state index in [-0.39, 0.29) is 12.5 Å². The Balaban J connectivity index is 2.65. The molecule has 0 aromatic heterocycles. The van der Waals surface area contributed by atoms with Crippen molar-refractivity contribution in [3.05, 3.63) is 0 Å². The number of carboxylic acid groups (broad SMARTS) is 1. The fourth-order valence-electron chi connectivity index (χ4n) is 1.39. The Hall–Kier alpha value is -0.993. The molecule has 84 valence electrons. The highest BCUT2D eigenvalue weighted by atomic mass is 28.3. The van der Waals surface area contributed by atoms with E-state index in [2.05, 4.69) is 31.1 Å². The van der Waals surface area contributed by atoms with Crippen LogP contribution in [0.2, 0.25) is 19.6 Å². The SMILES string of the molecule is C[Si](C)(C)C#CC1CN(C(=O)O)CC1O. The highest BCUT2D eigenvalue weighted by Gasteiger charge is 2.32. The average molecular weight is 227 g/mol. The monoisotopic (exact) mass is 227 g/mol. The van der Waals surface area contributed by atoms with Crippen LogP contribution in [-0.4, -0.2) is 48.5 Å². The lowest BCUT2D eigenvalue weighted by atomic mass is 10.1. The summed E-state index contributed by atoms with van der Waals surface area (Å²) in [5.74, 6) is 2.80. The van der Waals surface area contributed by atoms with Gasteiger partial charge in [0.25, 0.3) is 0 Å². The van der Waals surface area contributed by atoms with Crippen molar-refractivity contribution in [3.8, 4) is 11.5 Å². The van der Waals surface area contributed by atoms with Crippen LogP contribution in [0.4, 0.5) is 4.79 Å². The lowest BCUT2D eigenvalue weighted by Gasteiger charge is -2.09. The van der Waals surface area contributed by atoms with Gasteiger partial charge in [-0.05, 0) is 0 Å². The van der Waals surface area contributed by atoms with Gasteiger partial charge in [-0.2, -0.15) is 0 Å². The Morgan fingerprint density at radius 3 is 2.40 bits per heavy atom. The number of likely N-dealkylation sites (tertiary alicyclic amines) is 1. The van der Waals surface area contributed by atoms with E-state index in [0.29, 0.717) is 6.54 Å². The summed E-state index contributed by atoms with van der Waals surface area (Å²) in [6, 6.07) is 0. The fraction of sp³-hybridized carbons (Fsp3) is 0.700. The molecule has 15 heavy (non-hydrogen) atoms. The first-order chi connectivity index (χ1) is 6.79. The van der Waals surface area contributed by atoms with Gasteiger partial charge in [-0.1, -0.05) is 19.6 Å². The molecule has 1 fully saturated rings. The summed E-state index contributed by atoms with van der Waals surface area (Å²) in [6.07, 6.45) is -1.61. The van der Waals surface area contributed by atoms with Crippen molar-refractivity contribution in [2.24, 2.45) is 5.92 Å². The third-order valence-electron chi connectivity index (χ3n) is 2.19. The normalized spacial score (nSPS) is 26.0. The Labute approximate surface area is 90.9 Å². The third kappa shape index (κ3) is 3.57. The molecule has 2 N–H and O–H groups in total. The number of hydrogen-bond acceptors (Lipinski definition) is 2. The van der Waals surface area contributed by atoms with E-state index in [1.165, 1.54) is 4.90 Å². The maximum Gasteiger partial charge on any atom is 0.407 e. The van der Waals surface area contributed by atoms with E-state index in [9.17, 15) is 9.90 Å². The quantitative estimate of drug-likeness (QED) is 0.476. The van der Waals surface area contributed by atoms with Crippen molar-refractivity contribution in [1.82, 2.24) is 4.90 Å². The van der Waals surface area contributed by atoms with Crippen molar-refractivity contribution in [3.63, 3.8) is 0 Å². The van der Waals surface area contributed by atoms with Crippen molar-refractivity contribution in [1.29, 1.82) is 0 Å². The number of β-amino-alcohol motifs (C(OH)–C–C–N with tert-alkyl or cyclic N) is 1. The molecule has 1 aliphatic heterocycles. The van der Waals surface area contributed by atoms with E-state index in [1.807, 2.05) is 0 Å². The minimum atomic E-state index is -1.44. The summed E-state index contributed by atoms with van der Waals surface area (Å²) >= 11 is 0. The second kappa shape index (κ2) is 4.25. The van der Waals surface area contributed by atoms with Crippen LogP contribution in [0, 0.1) is 17.4 Å². The number of aliphatic hydroxyl groups excluding tert-OH is 1. The topological polar surface area (TPSA) is 60.8 Å². The van der Waals surface area contributed by atoms with Gasteiger partial charge in [0, 0.05) is 6.54 Å². The van der Waals surface area contributed by atoms with Gasteiger partial charge in [0.1, 0.15) is 8.07 Å². The predicted octanol–water partition coefficient (Wildman–Crippen LogP) is 0.838. The van der Waals surface area contributed by atoms with E-state index in [1.54, 1.807) is 0 Å². The summed E-state index contributed by atoms with van der Waals surface area (Å²) < 4.78 is 0. The molecule has 0 aromatic rings. The van der Waals surface area contributed by atoms with Gasteiger partial charge in [0.05, 0.1) is 18.6 Å². The summed E-state index contributed by atoms with van der Waals surface area (Å²) in [7, 11) is -1.44. The second-order valence-electron chi connectivity index (χ2n) is 4.88. The highest BCUT2D eigenvalue weighted by Crippen LogP contribution is 2.16. The molecule has 0 saturated carbocycles. The van der Waals surface area contributed by atoms with Crippen LogP contribution in [0.3, 0.4) is 0 Å². The first-order valence-electron chi connectivity index (χ1n) is 4.98. The van der Waals surface area contributed by atoms with Crippen LogP contribution in [-0.2, 0) is 0 Å². The van der Waals surface area contributed by atoms with E-state index in [4.69, 9.17) is 5.11 Å². The van der Waals surface area contributed by atoms with Crippen molar-refractivity contribution >= 4 is 14.2 Å². The van der Waals surface area contributed by atoms with Crippen LogP contribution in [0.25, 0.3) is 0 Å². The van der Waals surface area contributed by atoms with Gasteiger partial charge in [0.15, 0.2) is 0 Å². The summed E-state index contributed by atoms with van der Waals surface area (Å²) in [5.41, 5.74) is 3.16.